The molecule has 3 rings (SSSR count). The highest BCUT2D eigenvalue weighted by Crippen LogP contribution is 2.20. The Morgan fingerprint density at radius 2 is 1.50 bits per heavy atom. The SMILES string of the molecule is N#Cc1ccc(COC(=O)c2ccccc2OCCOc2ccccc2)cc1. The van der Waals surface area contributed by atoms with E-state index < -0.39 is 5.97 Å². The minimum atomic E-state index is -0.469. The van der Waals surface area contributed by atoms with Crippen molar-refractivity contribution in [3.05, 3.63) is 95.6 Å². The Morgan fingerprint density at radius 3 is 2.25 bits per heavy atom. The molecule has 0 amide bonds. The summed E-state index contributed by atoms with van der Waals surface area (Å²) in [7, 11) is 0. The maximum atomic E-state index is 12.4. The lowest BCUT2D eigenvalue weighted by molar-refractivity contribution is 0.0467. The maximum Gasteiger partial charge on any atom is 0.342 e. The van der Waals surface area contributed by atoms with Crippen molar-refractivity contribution in [2.75, 3.05) is 13.2 Å². The van der Waals surface area contributed by atoms with Crippen LogP contribution in [0, 0.1) is 11.3 Å². The summed E-state index contributed by atoms with van der Waals surface area (Å²) in [6.07, 6.45) is 0. The van der Waals surface area contributed by atoms with Gasteiger partial charge in [-0.15, -0.1) is 0 Å². The first-order valence-electron chi connectivity index (χ1n) is 8.82. The second-order valence-corrected chi connectivity index (χ2v) is 5.89. The number of carbonyl (C=O) groups is 1. The molecule has 5 nitrogen and oxygen atoms in total. The van der Waals surface area contributed by atoms with Crippen LogP contribution in [0.3, 0.4) is 0 Å². The number of hydrogen-bond donors (Lipinski definition) is 0. The van der Waals surface area contributed by atoms with Crippen LogP contribution >= 0.6 is 0 Å². The van der Waals surface area contributed by atoms with Crippen LogP contribution in [0.25, 0.3) is 0 Å². The van der Waals surface area contributed by atoms with Crippen LogP contribution in [0.5, 0.6) is 11.5 Å². The van der Waals surface area contributed by atoms with Gasteiger partial charge in [0.15, 0.2) is 0 Å². The summed E-state index contributed by atoms with van der Waals surface area (Å²) in [4.78, 5) is 12.4. The molecule has 0 saturated carbocycles. The molecular weight excluding hydrogens is 354 g/mol. The Kier molecular flexibility index (Phi) is 6.64. The second kappa shape index (κ2) is 9.79. The molecule has 5 heteroatoms. The van der Waals surface area contributed by atoms with Crippen molar-refractivity contribution in [2.45, 2.75) is 6.61 Å². The highest BCUT2D eigenvalue weighted by atomic mass is 16.5. The van der Waals surface area contributed by atoms with Crippen LogP contribution < -0.4 is 9.47 Å². The van der Waals surface area contributed by atoms with Gasteiger partial charge in [0, 0.05) is 0 Å². The first-order chi connectivity index (χ1) is 13.8. The maximum absolute atomic E-state index is 12.4. The quantitative estimate of drug-likeness (QED) is 0.433. The van der Waals surface area contributed by atoms with E-state index in [0.717, 1.165) is 11.3 Å². The van der Waals surface area contributed by atoms with Gasteiger partial charge in [-0.05, 0) is 42.0 Å². The summed E-state index contributed by atoms with van der Waals surface area (Å²) in [6.45, 7) is 0.781. The predicted octanol–water partition coefficient (Wildman–Crippen LogP) is 4.37. The summed E-state index contributed by atoms with van der Waals surface area (Å²) >= 11 is 0. The monoisotopic (exact) mass is 373 g/mol. The van der Waals surface area contributed by atoms with Gasteiger partial charge in [-0.25, -0.2) is 4.79 Å². The van der Waals surface area contributed by atoms with Gasteiger partial charge >= 0.3 is 5.97 Å². The molecule has 0 saturated heterocycles. The molecule has 0 bridgehead atoms. The number of para-hydroxylation sites is 2. The number of nitriles is 1. The molecule has 3 aromatic rings. The van der Waals surface area contributed by atoms with Crippen molar-refractivity contribution in [3.8, 4) is 17.6 Å². The summed E-state index contributed by atoms with van der Waals surface area (Å²) in [5.74, 6) is 0.745. The van der Waals surface area contributed by atoms with Crippen LogP contribution in [-0.2, 0) is 11.3 Å². The van der Waals surface area contributed by atoms with Crippen molar-refractivity contribution in [1.29, 1.82) is 5.26 Å². The van der Waals surface area contributed by atoms with E-state index in [1.165, 1.54) is 0 Å². The Bertz CT molecular complexity index is 946. The number of ether oxygens (including phenoxy) is 3. The van der Waals surface area contributed by atoms with Gasteiger partial charge in [0.05, 0.1) is 11.6 Å². The molecule has 0 aliphatic carbocycles. The van der Waals surface area contributed by atoms with E-state index in [4.69, 9.17) is 19.5 Å². The third-order valence-corrected chi connectivity index (χ3v) is 3.91. The fraction of sp³-hybridized carbons (Fsp3) is 0.130. The molecule has 0 unspecified atom stereocenters. The Labute approximate surface area is 163 Å². The van der Waals surface area contributed by atoms with Crippen LogP contribution in [0.15, 0.2) is 78.9 Å². The van der Waals surface area contributed by atoms with E-state index >= 15 is 0 Å². The highest BCUT2D eigenvalue weighted by Gasteiger charge is 2.14. The standard InChI is InChI=1S/C23H19NO4/c24-16-18-10-12-19(13-11-18)17-28-23(25)21-8-4-5-9-22(21)27-15-14-26-20-6-2-1-3-7-20/h1-13H,14-15,17H2. The summed E-state index contributed by atoms with van der Waals surface area (Å²) in [6, 6.07) is 25.3. The number of esters is 1. The minimum Gasteiger partial charge on any atom is -0.490 e. The second-order valence-electron chi connectivity index (χ2n) is 5.89. The lowest BCUT2D eigenvalue weighted by Gasteiger charge is -2.12. The van der Waals surface area contributed by atoms with Gasteiger partial charge < -0.3 is 14.2 Å². The zero-order valence-corrected chi connectivity index (χ0v) is 15.2. The Balaban J connectivity index is 1.53. The number of rotatable bonds is 8. The lowest BCUT2D eigenvalue weighted by Crippen LogP contribution is -2.12. The molecule has 0 heterocycles. The van der Waals surface area contributed by atoms with E-state index in [1.54, 1.807) is 48.5 Å². The minimum absolute atomic E-state index is 0.121. The van der Waals surface area contributed by atoms with Gasteiger partial charge in [0.1, 0.15) is 36.9 Å². The van der Waals surface area contributed by atoms with Crippen molar-refractivity contribution in [1.82, 2.24) is 0 Å². The Hall–Kier alpha value is -3.78. The number of benzene rings is 3. The largest absolute Gasteiger partial charge is 0.490 e. The zero-order valence-electron chi connectivity index (χ0n) is 15.2. The van der Waals surface area contributed by atoms with E-state index in [2.05, 4.69) is 6.07 Å². The van der Waals surface area contributed by atoms with Crippen LogP contribution in [0.2, 0.25) is 0 Å². The van der Waals surface area contributed by atoms with Crippen molar-refractivity contribution in [3.63, 3.8) is 0 Å². The van der Waals surface area contributed by atoms with E-state index in [1.807, 2.05) is 30.3 Å². The number of nitrogens with zero attached hydrogens (tertiary/aromatic N) is 1. The average Bonchev–Trinajstić information content (AvgIpc) is 2.76. The molecule has 0 N–H and O–H groups in total. The molecule has 0 aromatic heterocycles. The smallest absolute Gasteiger partial charge is 0.342 e. The number of hydrogen-bond acceptors (Lipinski definition) is 5. The fourth-order valence-corrected chi connectivity index (χ4v) is 2.49. The highest BCUT2D eigenvalue weighted by molar-refractivity contribution is 5.92. The molecule has 28 heavy (non-hydrogen) atoms. The van der Waals surface area contributed by atoms with E-state index in [0.29, 0.717) is 30.1 Å². The molecule has 0 radical (unpaired) electrons. The van der Waals surface area contributed by atoms with Crippen molar-refractivity contribution >= 4 is 5.97 Å². The Morgan fingerprint density at radius 1 is 0.821 bits per heavy atom. The molecule has 3 aromatic carbocycles. The van der Waals surface area contributed by atoms with E-state index in [9.17, 15) is 4.79 Å². The third-order valence-electron chi connectivity index (χ3n) is 3.91. The molecule has 0 fully saturated rings. The third kappa shape index (κ3) is 5.36. The fourth-order valence-electron chi connectivity index (χ4n) is 2.49. The van der Waals surface area contributed by atoms with Gasteiger partial charge in [-0.3, -0.25) is 0 Å². The van der Waals surface area contributed by atoms with Crippen LogP contribution in [0.4, 0.5) is 0 Å². The molecular formula is C23H19NO4. The normalized spacial score (nSPS) is 9.96. The number of carbonyl (C=O) groups excluding carboxylic acids is 1. The van der Waals surface area contributed by atoms with Gasteiger partial charge in [0.2, 0.25) is 0 Å². The van der Waals surface area contributed by atoms with Crippen molar-refractivity contribution in [2.24, 2.45) is 0 Å². The average molecular weight is 373 g/mol. The lowest BCUT2D eigenvalue weighted by atomic mass is 10.1. The molecule has 0 aliphatic rings. The van der Waals surface area contributed by atoms with Crippen LogP contribution in [0.1, 0.15) is 21.5 Å². The topological polar surface area (TPSA) is 68.5 Å². The summed E-state index contributed by atoms with van der Waals surface area (Å²) in [5.41, 5.74) is 1.73. The summed E-state index contributed by atoms with van der Waals surface area (Å²) < 4.78 is 16.7. The predicted molar refractivity (Wildman–Crippen MR) is 104 cm³/mol. The molecule has 0 atom stereocenters. The first-order valence-corrected chi connectivity index (χ1v) is 8.82. The van der Waals surface area contributed by atoms with Gasteiger partial charge in [0.25, 0.3) is 0 Å². The van der Waals surface area contributed by atoms with Crippen molar-refractivity contribution < 1.29 is 19.0 Å². The van der Waals surface area contributed by atoms with Gasteiger partial charge in [-0.2, -0.15) is 5.26 Å². The van der Waals surface area contributed by atoms with Gasteiger partial charge in [-0.1, -0.05) is 42.5 Å². The zero-order chi connectivity index (χ0) is 19.6. The molecule has 140 valence electrons. The summed E-state index contributed by atoms with van der Waals surface area (Å²) in [5, 5.41) is 8.82. The first kappa shape index (κ1) is 19.0. The van der Waals surface area contributed by atoms with Crippen LogP contribution in [-0.4, -0.2) is 19.2 Å². The molecule has 0 aliphatic heterocycles. The molecule has 0 spiro atoms. The van der Waals surface area contributed by atoms with E-state index in [-0.39, 0.29) is 6.61 Å².